The maximum Gasteiger partial charge on any atom is 0.244 e. The number of sulfonamides is 1. The SMILES string of the molecule is CC1CCN(S(=O)(=O)c2cc(CNC(C)C)n(C)c2)C1. The molecule has 0 aliphatic carbocycles. The van der Waals surface area contributed by atoms with Crippen molar-refractivity contribution >= 4 is 10.0 Å². The van der Waals surface area contributed by atoms with Gasteiger partial charge in [0.15, 0.2) is 0 Å². The van der Waals surface area contributed by atoms with E-state index < -0.39 is 10.0 Å². The van der Waals surface area contributed by atoms with E-state index in [4.69, 9.17) is 0 Å². The summed E-state index contributed by atoms with van der Waals surface area (Å²) in [7, 11) is -1.44. The van der Waals surface area contributed by atoms with E-state index >= 15 is 0 Å². The van der Waals surface area contributed by atoms with Gasteiger partial charge in [0.1, 0.15) is 4.90 Å². The Bertz CT molecular complexity index is 563. The topological polar surface area (TPSA) is 54.3 Å². The van der Waals surface area contributed by atoms with E-state index in [1.54, 1.807) is 16.6 Å². The number of nitrogens with zero attached hydrogens (tertiary/aromatic N) is 2. The molecule has 0 radical (unpaired) electrons. The molecule has 0 saturated carbocycles. The van der Waals surface area contributed by atoms with Gasteiger partial charge >= 0.3 is 0 Å². The van der Waals surface area contributed by atoms with Crippen molar-refractivity contribution in [2.75, 3.05) is 13.1 Å². The van der Waals surface area contributed by atoms with E-state index in [1.165, 1.54) is 0 Å². The number of hydrogen-bond acceptors (Lipinski definition) is 3. The largest absolute Gasteiger partial charge is 0.352 e. The van der Waals surface area contributed by atoms with E-state index in [1.807, 2.05) is 11.6 Å². The lowest BCUT2D eigenvalue weighted by Crippen LogP contribution is -2.28. The smallest absolute Gasteiger partial charge is 0.244 e. The van der Waals surface area contributed by atoms with E-state index in [9.17, 15) is 8.42 Å². The molecule has 0 spiro atoms. The van der Waals surface area contributed by atoms with Gasteiger partial charge in [0, 0.05) is 44.6 Å². The Hall–Kier alpha value is -0.850. The molecular weight excluding hydrogens is 274 g/mol. The van der Waals surface area contributed by atoms with Crippen LogP contribution in [0.2, 0.25) is 0 Å². The fraction of sp³-hybridized carbons (Fsp3) is 0.714. The van der Waals surface area contributed by atoms with Crippen LogP contribution in [0.5, 0.6) is 0 Å². The van der Waals surface area contributed by atoms with E-state index in [0.29, 0.717) is 36.5 Å². The fourth-order valence-electron chi connectivity index (χ4n) is 2.46. The standard InChI is InChI=1S/C14H25N3O2S/c1-11(2)15-8-13-7-14(10-16(13)4)20(18,19)17-6-5-12(3)9-17/h7,10-12,15H,5-6,8-9H2,1-4H3. The maximum atomic E-state index is 12.6. The quantitative estimate of drug-likeness (QED) is 0.897. The van der Waals surface area contributed by atoms with Crippen molar-refractivity contribution in [1.29, 1.82) is 0 Å². The van der Waals surface area contributed by atoms with Crippen molar-refractivity contribution in [3.63, 3.8) is 0 Å². The average Bonchev–Trinajstić information content (AvgIpc) is 2.93. The van der Waals surface area contributed by atoms with Crippen LogP contribution < -0.4 is 5.32 Å². The zero-order chi connectivity index (χ0) is 14.9. The summed E-state index contributed by atoms with van der Waals surface area (Å²) < 4.78 is 28.6. The predicted molar refractivity (Wildman–Crippen MR) is 79.9 cm³/mol. The molecule has 1 saturated heterocycles. The number of hydrogen-bond donors (Lipinski definition) is 1. The molecule has 0 aromatic carbocycles. The number of aromatic nitrogens is 1. The molecule has 1 N–H and O–H groups in total. The molecule has 0 bridgehead atoms. The van der Waals surface area contributed by atoms with Gasteiger partial charge in [-0.15, -0.1) is 0 Å². The van der Waals surface area contributed by atoms with E-state index in [-0.39, 0.29) is 0 Å². The summed E-state index contributed by atoms with van der Waals surface area (Å²) in [6.07, 6.45) is 2.67. The summed E-state index contributed by atoms with van der Waals surface area (Å²) in [5, 5.41) is 3.31. The summed E-state index contributed by atoms with van der Waals surface area (Å²) in [5.74, 6) is 0.454. The van der Waals surface area contributed by atoms with Gasteiger partial charge in [0.05, 0.1) is 0 Å². The van der Waals surface area contributed by atoms with Crippen molar-refractivity contribution in [2.24, 2.45) is 13.0 Å². The molecule has 5 nitrogen and oxygen atoms in total. The van der Waals surface area contributed by atoms with Crippen LogP contribution in [0.25, 0.3) is 0 Å². The highest BCUT2D eigenvalue weighted by Gasteiger charge is 2.31. The van der Waals surface area contributed by atoms with Gasteiger partial charge in [-0.3, -0.25) is 0 Å². The van der Waals surface area contributed by atoms with Gasteiger partial charge in [0.25, 0.3) is 0 Å². The number of nitrogens with one attached hydrogen (secondary N) is 1. The second-order valence-electron chi connectivity index (χ2n) is 6.07. The minimum Gasteiger partial charge on any atom is -0.352 e. The van der Waals surface area contributed by atoms with Crippen molar-refractivity contribution in [1.82, 2.24) is 14.2 Å². The molecule has 114 valence electrons. The molecule has 0 amide bonds. The highest BCUT2D eigenvalue weighted by molar-refractivity contribution is 7.89. The van der Waals surface area contributed by atoms with Gasteiger partial charge in [0.2, 0.25) is 10.0 Å². The second kappa shape index (κ2) is 5.87. The van der Waals surface area contributed by atoms with E-state index in [0.717, 1.165) is 12.1 Å². The van der Waals surface area contributed by atoms with Crippen LogP contribution in [0.3, 0.4) is 0 Å². The van der Waals surface area contributed by atoms with Crippen molar-refractivity contribution < 1.29 is 8.42 Å². The van der Waals surface area contributed by atoms with Gasteiger partial charge in [-0.05, 0) is 18.4 Å². The second-order valence-corrected chi connectivity index (χ2v) is 8.01. The number of rotatable bonds is 5. The van der Waals surface area contributed by atoms with Crippen LogP contribution in [0.15, 0.2) is 17.2 Å². The Morgan fingerprint density at radius 3 is 2.70 bits per heavy atom. The third-order valence-electron chi connectivity index (χ3n) is 3.80. The molecule has 1 aliphatic heterocycles. The summed E-state index contributed by atoms with van der Waals surface area (Å²) in [5.41, 5.74) is 0.990. The maximum absolute atomic E-state index is 12.6. The molecule has 6 heteroatoms. The van der Waals surface area contributed by atoms with Gasteiger partial charge in [-0.25, -0.2) is 8.42 Å². The van der Waals surface area contributed by atoms with Crippen molar-refractivity contribution in [3.05, 3.63) is 18.0 Å². The van der Waals surface area contributed by atoms with Crippen LogP contribution in [-0.4, -0.2) is 36.4 Å². The lowest BCUT2D eigenvalue weighted by atomic mass is 10.2. The Kier molecular flexibility index (Phi) is 4.56. The normalized spacial score (nSPS) is 20.9. The molecule has 1 aromatic heterocycles. The Morgan fingerprint density at radius 2 is 2.15 bits per heavy atom. The molecular formula is C14H25N3O2S. The fourth-order valence-corrected chi connectivity index (χ4v) is 4.14. The van der Waals surface area contributed by atoms with E-state index in [2.05, 4.69) is 26.1 Å². The first-order valence-electron chi connectivity index (χ1n) is 7.19. The molecule has 2 rings (SSSR count). The van der Waals surface area contributed by atoms with Gasteiger partial charge < -0.3 is 9.88 Å². The van der Waals surface area contributed by atoms with Crippen LogP contribution in [0.4, 0.5) is 0 Å². The zero-order valence-corrected chi connectivity index (χ0v) is 13.6. The monoisotopic (exact) mass is 299 g/mol. The first-order chi connectivity index (χ1) is 9.30. The minimum atomic E-state index is -3.33. The first kappa shape index (κ1) is 15.5. The van der Waals surface area contributed by atoms with Gasteiger partial charge in [-0.2, -0.15) is 4.31 Å². The third-order valence-corrected chi connectivity index (χ3v) is 5.63. The lowest BCUT2D eigenvalue weighted by molar-refractivity contribution is 0.464. The Labute approximate surface area is 122 Å². The molecule has 1 fully saturated rings. The Balaban J connectivity index is 2.18. The van der Waals surface area contributed by atoms with Crippen molar-refractivity contribution in [3.8, 4) is 0 Å². The van der Waals surface area contributed by atoms with Crippen molar-refractivity contribution in [2.45, 2.75) is 44.7 Å². The van der Waals surface area contributed by atoms with Gasteiger partial charge in [-0.1, -0.05) is 20.8 Å². The van der Waals surface area contributed by atoms with Crippen LogP contribution in [-0.2, 0) is 23.6 Å². The summed E-state index contributed by atoms with van der Waals surface area (Å²) in [6, 6.07) is 2.16. The number of aryl methyl sites for hydroxylation is 1. The predicted octanol–water partition coefficient (Wildman–Crippen LogP) is 1.55. The molecule has 20 heavy (non-hydrogen) atoms. The summed E-state index contributed by atoms with van der Waals surface area (Å²) in [4.78, 5) is 0.412. The van der Waals surface area contributed by atoms with Crippen LogP contribution >= 0.6 is 0 Å². The zero-order valence-electron chi connectivity index (χ0n) is 12.8. The lowest BCUT2D eigenvalue weighted by Gasteiger charge is -2.14. The Morgan fingerprint density at radius 1 is 1.45 bits per heavy atom. The average molecular weight is 299 g/mol. The summed E-state index contributed by atoms with van der Waals surface area (Å²) >= 11 is 0. The molecule has 1 atom stereocenters. The first-order valence-corrected chi connectivity index (χ1v) is 8.63. The molecule has 1 aliphatic rings. The highest BCUT2D eigenvalue weighted by Crippen LogP contribution is 2.25. The highest BCUT2D eigenvalue weighted by atomic mass is 32.2. The minimum absolute atomic E-state index is 0.379. The molecule has 1 unspecified atom stereocenters. The van der Waals surface area contributed by atoms with Crippen LogP contribution in [0, 0.1) is 5.92 Å². The molecule has 2 heterocycles. The third kappa shape index (κ3) is 3.24. The van der Waals surface area contributed by atoms with Crippen LogP contribution in [0.1, 0.15) is 32.9 Å². The molecule has 1 aromatic rings. The summed E-state index contributed by atoms with van der Waals surface area (Å²) in [6.45, 7) is 8.20.